The number of likely N-dealkylation sites (N-methyl/N-ethyl adjacent to an activating group) is 1. The molecule has 2 rings (SSSR count). The van der Waals surface area contributed by atoms with Crippen molar-refractivity contribution in [1.82, 2.24) is 15.1 Å². The van der Waals surface area contributed by atoms with E-state index in [2.05, 4.69) is 43.1 Å². The van der Waals surface area contributed by atoms with E-state index in [1.165, 1.54) is 45.3 Å². The number of nitrogens with zero attached hydrogens (tertiary/aromatic N) is 2. The van der Waals surface area contributed by atoms with E-state index in [1.54, 1.807) is 0 Å². The van der Waals surface area contributed by atoms with Gasteiger partial charge in [-0.05, 0) is 58.8 Å². The number of rotatable bonds is 5. The molecule has 0 spiro atoms. The zero-order valence-electron chi connectivity index (χ0n) is 12.7. The highest BCUT2D eigenvalue weighted by Crippen LogP contribution is 2.33. The third-order valence-corrected chi connectivity index (χ3v) is 4.79. The minimum Gasteiger partial charge on any atom is -0.314 e. The van der Waals surface area contributed by atoms with Crippen LogP contribution in [-0.2, 0) is 0 Å². The molecular formula is C15H31N3. The van der Waals surface area contributed by atoms with E-state index in [0.29, 0.717) is 6.04 Å². The molecule has 3 unspecified atom stereocenters. The van der Waals surface area contributed by atoms with Gasteiger partial charge in [-0.3, -0.25) is 4.90 Å². The van der Waals surface area contributed by atoms with E-state index in [0.717, 1.165) is 18.0 Å². The maximum Gasteiger partial charge on any atom is 0.0217 e. The number of hydrogen-bond acceptors (Lipinski definition) is 3. The van der Waals surface area contributed by atoms with Crippen molar-refractivity contribution in [2.75, 3.05) is 33.7 Å². The number of hydrogen-bond donors (Lipinski definition) is 1. The van der Waals surface area contributed by atoms with Gasteiger partial charge in [-0.15, -0.1) is 0 Å². The molecule has 2 aliphatic rings. The average molecular weight is 253 g/mol. The highest BCUT2D eigenvalue weighted by molar-refractivity contribution is 4.93. The SMILES string of the molecule is CC(C)NCC1CCC1N1CCCC(N(C)C)C1. The summed E-state index contributed by atoms with van der Waals surface area (Å²) in [4.78, 5) is 5.18. The lowest BCUT2D eigenvalue weighted by Crippen LogP contribution is -2.56. The lowest BCUT2D eigenvalue weighted by Gasteiger charge is -2.48. The molecule has 3 heteroatoms. The van der Waals surface area contributed by atoms with Crippen LogP contribution in [0.15, 0.2) is 0 Å². The summed E-state index contributed by atoms with van der Waals surface area (Å²) in [5, 5.41) is 3.61. The van der Waals surface area contributed by atoms with Gasteiger partial charge in [0.25, 0.3) is 0 Å². The molecule has 106 valence electrons. The van der Waals surface area contributed by atoms with E-state index in [1.807, 2.05) is 0 Å². The third-order valence-electron chi connectivity index (χ3n) is 4.79. The summed E-state index contributed by atoms with van der Waals surface area (Å²) < 4.78 is 0. The minimum absolute atomic E-state index is 0.627. The second-order valence-corrected chi connectivity index (χ2v) is 6.72. The van der Waals surface area contributed by atoms with Crippen LogP contribution in [0.1, 0.15) is 39.5 Å². The Bertz CT molecular complexity index is 252. The predicted molar refractivity (Wildman–Crippen MR) is 77.9 cm³/mol. The number of likely N-dealkylation sites (tertiary alicyclic amines) is 1. The third kappa shape index (κ3) is 3.46. The molecule has 0 aromatic heterocycles. The first-order valence-corrected chi connectivity index (χ1v) is 7.71. The monoisotopic (exact) mass is 253 g/mol. The Labute approximate surface area is 113 Å². The summed E-state index contributed by atoms with van der Waals surface area (Å²) in [6.07, 6.45) is 5.60. The van der Waals surface area contributed by atoms with Gasteiger partial charge in [0.1, 0.15) is 0 Å². The molecule has 1 heterocycles. The van der Waals surface area contributed by atoms with Crippen molar-refractivity contribution in [1.29, 1.82) is 0 Å². The molecule has 0 bridgehead atoms. The quantitative estimate of drug-likeness (QED) is 0.806. The highest BCUT2D eigenvalue weighted by Gasteiger charge is 2.37. The Morgan fingerprint density at radius 3 is 2.56 bits per heavy atom. The van der Waals surface area contributed by atoms with Crippen LogP contribution in [-0.4, -0.2) is 61.7 Å². The number of nitrogens with one attached hydrogen (secondary N) is 1. The van der Waals surface area contributed by atoms with Gasteiger partial charge in [0.15, 0.2) is 0 Å². The second kappa shape index (κ2) is 6.36. The first-order chi connectivity index (χ1) is 8.58. The molecule has 0 amide bonds. The van der Waals surface area contributed by atoms with Crippen LogP contribution in [0.25, 0.3) is 0 Å². The van der Waals surface area contributed by atoms with E-state index < -0.39 is 0 Å². The topological polar surface area (TPSA) is 18.5 Å². The van der Waals surface area contributed by atoms with Crippen molar-refractivity contribution in [3.8, 4) is 0 Å². The predicted octanol–water partition coefficient (Wildman–Crippen LogP) is 1.79. The Morgan fingerprint density at radius 1 is 1.22 bits per heavy atom. The van der Waals surface area contributed by atoms with Gasteiger partial charge in [-0.25, -0.2) is 0 Å². The van der Waals surface area contributed by atoms with E-state index in [-0.39, 0.29) is 0 Å². The minimum atomic E-state index is 0.627. The van der Waals surface area contributed by atoms with Crippen LogP contribution in [0.4, 0.5) is 0 Å². The van der Waals surface area contributed by atoms with Crippen molar-refractivity contribution in [2.24, 2.45) is 5.92 Å². The summed E-state index contributed by atoms with van der Waals surface area (Å²) in [5.41, 5.74) is 0. The van der Waals surface area contributed by atoms with Crippen LogP contribution < -0.4 is 5.32 Å². The lowest BCUT2D eigenvalue weighted by molar-refractivity contribution is 0.0193. The fraction of sp³-hybridized carbons (Fsp3) is 1.00. The van der Waals surface area contributed by atoms with Gasteiger partial charge in [-0.2, -0.15) is 0 Å². The molecule has 3 atom stereocenters. The molecule has 1 aliphatic heterocycles. The van der Waals surface area contributed by atoms with Gasteiger partial charge in [0.05, 0.1) is 0 Å². The second-order valence-electron chi connectivity index (χ2n) is 6.72. The molecule has 0 radical (unpaired) electrons. The summed E-state index contributed by atoms with van der Waals surface area (Å²) in [7, 11) is 4.46. The highest BCUT2D eigenvalue weighted by atomic mass is 15.2. The van der Waals surface area contributed by atoms with Crippen molar-refractivity contribution in [3.63, 3.8) is 0 Å². The Kier molecular flexibility index (Phi) is 5.05. The van der Waals surface area contributed by atoms with Crippen LogP contribution in [0.2, 0.25) is 0 Å². The normalized spacial score (nSPS) is 34.0. The maximum atomic E-state index is 3.61. The van der Waals surface area contributed by atoms with Crippen LogP contribution >= 0.6 is 0 Å². The Morgan fingerprint density at radius 2 is 2.00 bits per heavy atom. The summed E-state index contributed by atoms with van der Waals surface area (Å²) >= 11 is 0. The van der Waals surface area contributed by atoms with E-state index >= 15 is 0 Å². The fourth-order valence-electron chi connectivity index (χ4n) is 3.36. The summed E-state index contributed by atoms with van der Waals surface area (Å²) in [6, 6.07) is 2.26. The van der Waals surface area contributed by atoms with Crippen molar-refractivity contribution in [2.45, 2.75) is 57.7 Å². The lowest BCUT2D eigenvalue weighted by atomic mass is 9.77. The maximum absolute atomic E-state index is 3.61. The molecular weight excluding hydrogens is 222 g/mol. The standard InChI is InChI=1S/C15H31N3/c1-12(2)16-10-13-7-8-15(13)18-9-5-6-14(11-18)17(3)4/h12-16H,5-11H2,1-4H3. The average Bonchev–Trinajstić information content (AvgIpc) is 2.27. The van der Waals surface area contributed by atoms with Crippen molar-refractivity contribution >= 4 is 0 Å². The molecule has 1 saturated heterocycles. The number of piperidine rings is 1. The summed E-state index contributed by atoms with van der Waals surface area (Å²) in [6.45, 7) is 8.32. The van der Waals surface area contributed by atoms with Crippen LogP contribution in [0.3, 0.4) is 0 Å². The Balaban J connectivity index is 1.80. The zero-order valence-corrected chi connectivity index (χ0v) is 12.7. The fourth-order valence-corrected chi connectivity index (χ4v) is 3.36. The van der Waals surface area contributed by atoms with E-state index in [4.69, 9.17) is 0 Å². The van der Waals surface area contributed by atoms with Gasteiger partial charge >= 0.3 is 0 Å². The summed E-state index contributed by atoms with van der Waals surface area (Å²) in [5.74, 6) is 0.897. The van der Waals surface area contributed by atoms with Crippen LogP contribution in [0.5, 0.6) is 0 Å². The van der Waals surface area contributed by atoms with Crippen molar-refractivity contribution < 1.29 is 0 Å². The first-order valence-electron chi connectivity index (χ1n) is 7.71. The molecule has 18 heavy (non-hydrogen) atoms. The molecule has 2 fully saturated rings. The van der Waals surface area contributed by atoms with Crippen LogP contribution in [0, 0.1) is 5.92 Å². The smallest absolute Gasteiger partial charge is 0.0217 e. The van der Waals surface area contributed by atoms with E-state index in [9.17, 15) is 0 Å². The van der Waals surface area contributed by atoms with Gasteiger partial charge < -0.3 is 10.2 Å². The van der Waals surface area contributed by atoms with Gasteiger partial charge in [-0.1, -0.05) is 13.8 Å². The van der Waals surface area contributed by atoms with Gasteiger partial charge in [0, 0.05) is 24.7 Å². The molecule has 0 aromatic carbocycles. The van der Waals surface area contributed by atoms with Gasteiger partial charge in [0.2, 0.25) is 0 Å². The Hall–Kier alpha value is -0.120. The molecule has 1 N–H and O–H groups in total. The van der Waals surface area contributed by atoms with Crippen molar-refractivity contribution in [3.05, 3.63) is 0 Å². The molecule has 1 saturated carbocycles. The first kappa shape index (κ1) is 14.3. The largest absolute Gasteiger partial charge is 0.314 e. The molecule has 0 aromatic rings. The molecule has 1 aliphatic carbocycles. The molecule has 3 nitrogen and oxygen atoms in total. The zero-order chi connectivity index (χ0) is 13.1.